The van der Waals surface area contributed by atoms with Crippen molar-refractivity contribution in [1.29, 1.82) is 0 Å². The van der Waals surface area contributed by atoms with Crippen LogP contribution in [0, 0.1) is 0 Å². The molecule has 1 saturated carbocycles. The summed E-state index contributed by atoms with van der Waals surface area (Å²) in [5, 5.41) is 25.8. The van der Waals surface area contributed by atoms with Crippen LogP contribution < -0.4 is 0 Å². The van der Waals surface area contributed by atoms with Crippen LogP contribution in [0.5, 0.6) is 0 Å². The summed E-state index contributed by atoms with van der Waals surface area (Å²) in [6, 6.07) is 0. The molecule has 4 nitrogen and oxygen atoms in total. The molecule has 11 heavy (non-hydrogen) atoms. The molecule has 1 rings (SSSR count). The fourth-order valence-corrected chi connectivity index (χ4v) is 1.52. The number of carbonyl (C=O) groups is 1. The SMILES string of the molecule is O=C(O)C1(O)CCC(O)C1Cl. The average Bonchev–Trinajstić information content (AvgIpc) is 2.18. The summed E-state index contributed by atoms with van der Waals surface area (Å²) in [5.74, 6) is -1.37. The first kappa shape index (κ1) is 8.77. The van der Waals surface area contributed by atoms with Crippen molar-refractivity contribution in [3.8, 4) is 0 Å². The van der Waals surface area contributed by atoms with Gasteiger partial charge in [0.05, 0.1) is 11.5 Å². The van der Waals surface area contributed by atoms with E-state index in [4.69, 9.17) is 21.8 Å². The molecule has 0 amide bonds. The van der Waals surface area contributed by atoms with E-state index < -0.39 is 23.1 Å². The summed E-state index contributed by atoms with van der Waals surface area (Å²) in [5.41, 5.74) is -1.94. The quantitative estimate of drug-likeness (QED) is 0.479. The molecule has 3 unspecified atom stereocenters. The molecule has 0 aromatic carbocycles. The van der Waals surface area contributed by atoms with Gasteiger partial charge >= 0.3 is 5.97 Å². The molecule has 5 heteroatoms. The van der Waals surface area contributed by atoms with Crippen molar-refractivity contribution >= 4 is 17.6 Å². The lowest BCUT2D eigenvalue weighted by atomic mass is 10.0. The van der Waals surface area contributed by atoms with Crippen molar-refractivity contribution in [3.05, 3.63) is 0 Å². The molecule has 0 spiro atoms. The van der Waals surface area contributed by atoms with Gasteiger partial charge in [0.15, 0.2) is 5.60 Å². The van der Waals surface area contributed by atoms with Crippen LogP contribution in [0.15, 0.2) is 0 Å². The highest BCUT2D eigenvalue weighted by Crippen LogP contribution is 2.34. The molecule has 0 bridgehead atoms. The minimum absolute atomic E-state index is 0.0116. The molecule has 1 fully saturated rings. The van der Waals surface area contributed by atoms with Crippen LogP contribution in [0.2, 0.25) is 0 Å². The van der Waals surface area contributed by atoms with Crippen molar-refractivity contribution in [1.82, 2.24) is 0 Å². The van der Waals surface area contributed by atoms with E-state index in [-0.39, 0.29) is 12.8 Å². The molecule has 3 atom stereocenters. The average molecular weight is 181 g/mol. The number of aliphatic hydroxyl groups excluding tert-OH is 1. The van der Waals surface area contributed by atoms with Gasteiger partial charge in [0, 0.05) is 0 Å². The van der Waals surface area contributed by atoms with Crippen molar-refractivity contribution in [3.63, 3.8) is 0 Å². The Morgan fingerprint density at radius 3 is 2.36 bits per heavy atom. The summed E-state index contributed by atoms with van der Waals surface area (Å²) >= 11 is 5.48. The summed E-state index contributed by atoms with van der Waals surface area (Å²) in [6.45, 7) is 0. The molecular weight excluding hydrogens is 172 g/mol. The molecule has 3 N–H and O–H groups in total. The summed E-state index contributed by atoms with van der Waals surface area (Å²) < 4.78 is 0. The third-order valence-corrected chi connectivity index (χ3v) is 2.64. The van der Waals surface area contributed by atoms with Gasteiger partial charge in [-0.1, -0.05) is 0 Å². The van der Waals surface area contributed by atoms with Crippen LogP contribution in [0.25, 0.3) is 0 Å². The predicted molar refractivity (Wildman–Crippen MR) is 37.5 cm³/mol. The van der Waals surface area contributed by atoms with Gasteiger partial charge in [-0.05, 0) is 12.8 Å². The zero-order valence-electron chi connectivity index (χ0n) is 5.70. The Kier molecular flexibility index (Phi) is 2.09. The number of carboxylic acid groups (broad SMARTS) is 1. The number of carboxylic acids is 1. The second-order valence-corrected chi connectivity index (χ2v) is 3.21. The van der Waals surface area contributed by atoms with Gasteiger partial charge in [-0.2, -0.15) is 0 Å². The molecular formula is C6H9ClO4. The van der Waals surface area contributed by atoms with Crippen LogP contribution in [-0.2, 0) is 4.79 Å². The zero-order chi connectivity index (χ0) is 8.65. The van der Waals surface area contributed by atoms with Crippen LogP contribution in [-0.4, -0.2) is 38.4 Å². The van der Waals surface area contributed by atoms with E-state index in [9.17, 15) is 9.90 Å². The van der Waals surface area contributed by atoms with E-state index in [1.165, 1.54) is 0 Å². The molecule has 64 valence electrons. The van der Waals surface area contributed by atoms with Gasteiger partial charge in [0.1, 0.15) is 0 Å². The molecule has 0 radical (unpaired) electrons. The van der Waals surface area contributed by atoms with Gasteiger partial charge in [0.25, 0.3) is 0 Å². The largest absolute Gasteiger partial charge is 0.479 e. The maximum absolute atomic E-state index is 10.4. The fraction of sp³-hybridized carbons (Fsp3) is 0.833. The number of aliphatic hydroxyl groups is 2. The third kappa shape index (κ3) is 1.21. The van der Waals surface area contributed by atoms with Crippen LogP contribution >= 0.6 is 11.6 Å². The first-order valence-corrected chi connectivity index (χ1v) is 3.70. The highest BCUT2D eigenvalue weighted by Gasteiger charge is 2.51. The maximum Gasteiger partial charge on any atom is 0.337 e. The third-order valence-electron chi connectivity index (χ3n) is 1.99. The Bertz CT molecular complexity index is 183. The predicted octanol–water partition coefficient (Wildman–Crippen LogP) is -0.436. The topological polar surface area (TPSA) is 77.8 Å². The van der Waals surface area contributed by atoms with Crippen molar-refractivity contribution in [2.45, 2.75) is 29.9 Å². The minimum atomic E-state index is -1.94. The number of rotatable bonds is 1. The second kappa shape index (κ2) is 2.62. The number of alkyl halides is 1. The van der Waals surface area contributed by atoms with Crippen LogP contribution in [0.1, 0.15) is 12.8 Å². The lowest BCUT2D eigenvalue weighted by molar-refractivity contribution is -0.157. The Labute approximate surface area is 68.4 Å². The van der Waals surface area contributed by atoms with Gasteiger partial charge in [0.2, 0.25) is 0 Å². The van der Waals surface area contributed by atoms with E-state index in [1.54, 1.807) is 0 Å². The molecule has 1 aliphatic carbocycles. The second-order valence-electron chi connectivity index (χ2n) is 2.74. The minimum Gasteiger partial charge on any atom is -0.479 e. The lowest BCUT2D eigenvalue weighted by Crippen LogP contribution is -2.45. The Hall–Kier alpha value is -0.320. The van der Waals surface area contributed by atoms with Gasteiger partial charge in [-0.15, -0.1) is 11.6 Å². The lowest BCUT2D eigenvalue weighted by Gasteiger charge is -2.21. The van der Waals surface area contributed by atoms with Gasteiger partial charge in [-0.3, -0.25) is 0 Å². The molecule has 0 aliphatic heterocycles. The number of hydrogen-bond acceptors (Lipinski definition) is 3. The highest BCUT2D eigenvalue weighted by atomic mass is 35.5. The fourth-order valence-electron chi connectivity index (χ4n) is 1.20. The number of halogens is 1. The van der Waals surface area contributed by atoms with Crippen molar-refractivity contribution in [2.24, 2.45) is 0 Å². The molecule has 0 aromatic heterocycles. The standard InChI is InChI=1S/C6H9ClO4/c7-4-3(8)1-2-6(4,11)5(9)10/h3-4,8,11H,1-2H2,(H,9,10). The normalized spacial score (nSPS) is 44.3. The van der Waals surface area contributed by atoms with Crippen molar-refractivity contribution < 1.29 is 20.1 Å². The zero-order valence-corrected chi connectivity index (χ0v) is 6.45. The van der Waals surface area contributed by atoms with Crippen molar-refractivity contribution in [2.75, 3.05) is 0 Å². The molecule has 0 saturated heterocycles. The smallest absolute Gasteiger partial charge is 0.337 e. The molecule has 0 heterocycles. The van der Waals surface area contributed by atoms with Crippen LogP contribution in [0.4, 0.5) is 0 Å². The number of hydrogen-bond donors (Lipinski definition) is 3. The molecule has 0 aromatic rings. The van der Waals surface area contributed by atoms with E-state index in [2.05, 4.69) is 0 Å². The summed E-state index contributed by atoms with van der Waals surface area (Å²) in [7, 11) is 0. The van der Waals surface area contributed by atoms with E-state index in [0.717, 1.165) is 0 Å². The number of aliphatic carboxylic acids is 1. The monoisotopic (exact) mass is 180 g/mol. The first-order chi connectivity index (χ1) is 4.98. The van der Waals surface area contributed by atoms with Gasteiger partial charge in [-0.25, -0.2) is 4.79 Å². The first-order valence-electron chi connectivity index (χ1n) is 3.26. The molecule has 1 aliphatic rings. The maximum atomic E-state index is 10.4. The summed E-state index contributed by atoms with van der Waals surface area (Å²) in [6.07, 6.45) is -0.674. The van der Waals surface area contributed by atoms with E-state index in [1.807, 2.05) is 0 Å². The van der Waals surface area contributed by atoms with E-state index in [0.29, 0.717) is 0 Å². The van der Waals surface area contributed by atoms with Crippen LogP contribution in [0.3, 0.4) is 0 Å². The van der Waals surface area contributed by atoms with E-state index >= 15 is 0 Å². The Morgan fingerprint density at radius 1 is 1.64 bits per heavy atom. The Balaban J connectivity index is 2.81. The van der Waals surface area contributed by atoms with Gasteiger partial charge < -0.3 is 15.3 Å². The highest BCUT2D eigenvalue weighted by molar-refractivity contribution is 6.23. The Morgan fingerprint density at radius 2 is 2.18 bits per heavy atom. The summed E-state index contributed by atoms with van der Waals surface area (Å²) in [4.78, 5) is 10.4.